The summed E-state index contributed by atoms with van der Waals surface area (Å²) in [4.78, 5) is 12.2. The van der Waals surface area contributed by atoms with Gasteiger partial charge in [0.1, 0.15) is 11.5 Å². The van der Waals surface area contributed by atoms with E-state index in [2.05, 4.69) is 30.5 Å². The number of imidazole rings is 1. The number of rotatable bonds is 4. The Morgan fingerprint density at radius 1 is 1.00 bits per heavy atom. The second-order valence-corrected chi connectivity index (χ2v) is 6.25. The van der Waals surface area contributed by atoms with Crippen LogP contribution in [0.25, 0.3) is 33.5 Å². The van der Waals surface area contributed by atoms with Crippen molar-refractivity contribution in [3.8, 4) is 11.5 Å². The minimum absolute atomic E-state index is 0.300. The maximum Gasteiger partial charge on any atom is 0.159 e. The van der Waals surface area contributed by atoms with Crippen LogP contribution in [-0.2, 0) is 6.54 Å². The van der Waals surface area contributed by atoms with Gasteiger partial charge >= 0.3 is 0 Å². The van der Waals surface area contributed by atoms with Gasteiger partial charge in [-0.2, -0.15) is 5.10 Å². The number of hydrogen-bond acceptors (Lipinski definition) is 4. The molecule has 0 amide bonds. The van der Waals surface area contributed by atoms with Crippen molar-refractivity contribution in [1.29, 1.82) is 0 Å². The van der Waals surface area contributed by atoms with Crippen LogP contribution in [0.4, 0.5) is 10.1 Å². The predicted octanol–water partition coefficient (Wildman–Crippen LogP) is 4.25. The number of pyridine rings is 1. The predicted molar refractivity (Wildman–Crippen MR) is 103 cm³/mol. The van der Waals surface area contributed by atoms with Crippen molar-refractivity contribution in [2.45, 2.75) is 6.54 Å². The second-order valence-electron chi connectivity index (χ2n) is 6.25. The van der Waals surface area contributed by atoms with E-state index in [-0.39, 0.29) is 5.82 Å². The number of anilines is 1. The molecule has 3 heterocycles. The minimum Gasteiger partial charge on any atom is -0.379 e. The van der Waals surface area contributed by atoms with E-state index >= 15 is 0 Å². The molecule has 0 aliphatic heterocycles. The van der Waals surface area contributed by atoms with Crippen molar-refractivity contribution in [1.82, 2.24) is 25.1 Å². The van der Waals surface area contributed by atoms with Gasteiger partial charge in [0.25, 0.3) is 0 Å². The lowest BCUT2D eigenvalue weighted by Crippen LogP contribution is -2.00. The summed E-state index contributed by atoms with van der Waals surface area (Å²) in [5.41, 5.74) is 4.99. The highest BCUT2D eigenvalue weighted by atomic mass is 19.1. The molecule has 0 radical (unpaired) electrons. The summed E-state index contributed by atoms with van der Waals surface area (Å²) in [5.74, 6) is 0.343. The molecule has 132 valence electrons. The summed E-state index contributed by atoms with van der Waals surface area (Å²) in [6, 6.07) is 16.3. The molecule has 5 rings (SSSR count). The lowest BCUT2D eigenvalue weighted by Gasteiger charge is -2.05. The Labute approximate surface area is 153 Å². The normalized spacial score (nSPS) is 11.3. The van der Waals surface area contributed by atoms with Crippen molar-refractivity contribution in [3.05, 3.63) is 72.3 Å². The van der Waals surface area contributed by atoms with Crippen LogP contribution < -0.4 is 5.32 Å². The van der Waals surface area contributed by atoms with Gasteiger partial charge in [0.2, 0.25) is 0 Å². The SMILES string of the molecule is Fc1ccc2c(-c3nc4ccc(NCc5ccccn5)cc4[nH]3)n[nH]c2c1. The van der Waals surface area contributed by atoms with Crippen LogP contribution in [0.15, 0.2) is 60.8 Å². The molecule has 6 nitrogen and oxygen atoms in total. The minimum atomic E-state index is -0.300. The molecule has 2 aromatic carbocycles. The number of nitrogens with zero attached hydrogens (tertiary/aromatic N) is 3. The van der Waals surface area contributed by atoms with E-state index in [4.69, 9.17) is 0 Å². The van der Waals surface area contributed by atoms with E-state index in [1.165, 1.54) is 12.1 Å². The third-order valence-electron chi connectivity index (χ3n) is 4.43. The summed E-state index contributed by atoms with van der Waals surface area (Å²) >= 11 is 0. The highest BCUT2D eigenvalue weighted by Gasteiger charge is 2.13. The van der Waals surface area contributed by atoms with Crippen molar-refractivity contribution in [2.75, 3.05) is 5.32 Å². The number of hydrogen-bond donors (Lipinski definition) is 3. The Hall–Kier alpha value is -3.74. The average Bonchev–Trinajstić information content (AvgIpc) is 3.30. The third kappa shape index (κ3) is 2.89. The Bertz CT molecular complexity index is 1240. The topological polar surface area (TPSA) is 82.3 Å². The monoisotopic (exact) mass is 358 g/mol. The van der Waals surface area contributed by atoms with Crippen LogP contribution in [0.3, 0.4) is 0 Å². The number of aromatic nitrogens is 5. The van der Waals surface area contributed by atoms with Gasteiger partial charge in [-0.15, -0.1) is 0 Å². The van der Waals surface area contributed by atoms with Gasteiger partial charge in [0, 0.05) is 17.3 Å². The number of fused-ring (bicyclic) bond motifs is 2. The first kappa shape index (κ1) is 15.5. The van der Waals surface area contributed by atoms with E-state index < -0.39 is 0 Å². The molecule has 3 N–H and O–H groups in total. The fraction of sp³-hybridized carbons (Fsp3) is 0.0500. The zero-order chi connectivity index (χ0) is 18.2. The summed E-state index contributed by atoms with van der Waals surface area (Å²) in [7, 11) is 0. The fourth-order valence-corrected chi connectivity index (χ4v) is 3.10. The van der Waals surface area contributed by atoms with Gasteiger partial charge in [-0.3, -0.25) is 10.1 Å². The Balaban J connectivity index is 1.46. The van der Waals surface area contributed by atoms with Crippen LogP contribution in [0.5, 0.6) is 0 Å². The number of nitrogens with one attached hydrogen (secondary N) is 3. The fourth-order valence-electron chi connectivity index (χ4n) is 3.10. The van der Waals surface area contributed by atoms with Crippen molar-refractivity contribution >= 4 is 27.6 Å². The molecule has 0 bridgehead atoms. The zero-order valence-electron chi connectivity index (χ0n) is 14.2. The highest BCUT2D eigenvalue weighted by Crippen LogP contribution is 2.27. The summed E-state index contributed by atoms with van der Waals surface area (Å²) < 4.78 is 13.4. The average molecular weight is 358 g/mol. The maximum absolute atomic E-state index is 13.4. The van der Waals surface area contributed by atoms with E-state index in [0.717, 1.165) is 27.8 Å². The first-order valence-electron chi connectivity index (χ1n) is 8.54. The molecule has 5 aromatic rings. The molecule has 0 saturated heterocycles. The summed E-state index contributed by atoms with van der Waals surface area (Å²) in [5, 5.41) is 11.3. The quantitative estimate of drug-likeness (QED) is 0.448. The Morgan fingerprint density at radius 3 is 2.85 bits per heavy atom. The van der Waals surface area contributed by atoms with Crippen molar-refractivity contribution in [2.24, 2.45) is 0 Å². The molecule has 3 aromatic heterocycles. The molecular weight excluding hydrogens is 343 g/mol. The molecule has 0 aliphatic carbocycles. The van der Waals surface area contributed by atoms with Gasteiger partial charge in [0.05, 0.1) is 28.8 Å². The molecule has 0 saturated carbocycles. The third-order valence-corrected chi connectivity index (χ3v) is 4.43. The summed E-state index contributed by atoms with van der Waals surface area (Å²) in [6.07, 6.45) is 1.78. The first-order chi connectivity index (χ1) is 13.3. The van der Waals surface area contributed by atoms with E-state index in [9.17, 15) is 4.39 Å². The largest absolute Gasteiger partial charge is 0.379 e. The van der Waals surface area contributed by atoms with Crippen molar-refractivity contribution in [3.63, 3.8) is 0 Å². The molecule has 27 heavy (non-hydrogen) atoms. The Morgan fingerprint density at radius 2 is 1.96 bits per heavy atom. The maximum atomic E-state index is 13.4. The van der Waals surface area contributed by atoms with E-state index in [0.29, 0.717) is 23.6 Å². The lowest BCUT2D eigenvalue weighted by molar-refractivity contribution is 0.629. The van der Waals surface area contributed by atoms with E-state index in [1.54, 1.807) is 12.3 Å². The Kier molecular flexibility index (Phi) is 3.57. The lowest BCUT2D eigenvalue weighted by atomic mass is 10.2. The standard InChI is InChI=1S/C20H15FN6/c21-12-4-6-15-17(9-12)26-27-19(15)20-24-16-7-5-13(10-18(16)25-20)23-11-14-3-1-2-8-22-14/h1-10,23H,11H2,(H,24,25)(H,26,27). The van der Waals surface area contributed by atoms with Crippen LogP contribution in [0.2, 0.25) is 0 Å². The molecule has 0 spiro atoms. The van der Waals surface area contributed by atoms with Crippen LogP contribution in [0, 0.1) is 5.82 Å². The molecule has 0 aliphatic rings. The van der Waals surface area contributed by atoms with Gasteiger partial charge < -0.3 is 10.3 Å². The molecule has 0 atom stereocenters. The smallest absolute Gasteiger partial charge is 0.159 e. The molecule has 7 heteroatoms. The molecular formula is C20H15FN6. The van der Waals surface area contributed by atoms with Crippen LogP contribution >= 0.6 is 0 Å². The number of aromatic amines is 2. The van der Waals surface area contributed by atoms with Gasteiger partial charge in [0.15, 0.2) is 5.82 Å². The van der Waals surface area contributed by atoms with Gasteiger partial charge in [-0.1, -0.05) is 6.07 Å². The van der Waals surface area contributed by atoms with Crippen LogP contribution in [-0.4, -0.2) is 25.1 Å². The first-order valence-corrected chi connectivity index (χ1v) is 8.54. The van der Waals surface area contributed by atoms with Crippen LogP contribution in [0.1, 0.15) is 5.69 Å². The molecule has 0 fully saturated rings. The van der Waals surface area contributed by atoms with Crippen molar-refractivity contribution < 1.29 is 4.39 Å². The number of halogens is 1. The number of H-pyrrole nitrogens is 2. The van der Waals surface area contributed by atoms with Gasteiger partial charge in [-0.05, 0) is 48.5 Å². The molecule has 0 unspecified atom stereocenters. The highest BCUT2D eigenvalue weighted by molar-refractivity contribution is 5.93. The summed E-state index contributed by atoms with van der Waals surface area (Å²) in [6.45, 7) is 0.642. The number of benzene rings is 2. The second kappa shape index (κ2) is 6.21. The van der Waals surface area contributed by atoms with Gasteiger partial charge in [-0.25, -0.2) is 9.37 Å². The zero-order valence-corrected chi connectivity index (χ0v) is 14.2. The van der Waals surface area contributed by atoms with E-state index in [1.807, 2.05) is 36.4 Å².